The maximum Gasteiger partial charge on any atom is 0.290 e. The highest BCUT2D eigenvalue weighted by Gasteiger charge is 2.42. The summed E-state index contributed by atoms with van der Waals surface area (Å²) in [5, 5.41) is 0.802. The van der Waals surface area contributed by atoms with Crippen LogP contribution in [0.1, 0.15) is 61.3 Å². The number of halogens is 1. The fourth-order valence-electron chi connectivity index (χ4n) is 4.12. The van der Waals surface area contributed by atoms with Gasteiger partial charge in [-0.3, -0.25) is 9.59 Å². The minimum Gasteiger partial charge on any atom is -0.494 e. The van der Waals surface area contributed by atoms with Crippen molar-refractivity contribution in [2.24, 2.45) is 0 Å². The van der Waals surface area contributed by atoms with Gasteiger partial charge < -0.3 is 18.8 Å². The molecule has 1 aliphatic heterocycles. The summed E-state index contributed by atoms with van der Waals surface area (Å²) in [6.07, 6.45) is 1.63. The summed E-state index contributed by atoms with van der Waals surface area (Å²) < 4.78 is 17.4. The summed E-state index contributed by atoms with van der Waals surface area (Å²) in [6.45, 7) is 7.52. The van der Waals surface area contributed by atoms with Crippen molar-refractivity contribution < 1.29 is 18.7 Å². The van der Waals surface area contributed by atoms with E-state index in [0.717, 1.165) is 12.0 Å². The third kappa shape index (κ3) is 4.77. The second kappa shape index (κ2) is 9.98. The Morgan fingerprint density at radius 1 is 1.12 bits per heavy atom. The molecule has 7 heteroatoms. The molecule has 1 aromatic heterocycles. The number of ether oxygens (including phenoxy) is 2. The number of amides is 1. The molecule has 0 fully saturated rings. The molecule has 0 spiro atoms. The van der Waals surface area contributed by atoms with E-state index in [2.05, 4.69) is 0 Å². The lowest BCUT2D eigenvalue weighted by molar-refractivity contribution is 0.0593. The Hall–Kier alpha value is -2.83. The third-order valence-electron chi connectivity index (χ3n) is 5.57. The molecule has 2 aromatic carbocycles. The molecule has 1 amide bonds. The molecular formula is C26H28ClNO5. The monoisotopic (exact) mass is 469 g/mol. The summed E-state index contributed by atoms with van der Waals surface area (Å²) in [7, 11) is 0. The van der Waals surface area contributed by atoms with E-state index >= 15 is 0 Å². The van der Waals surface area contributed by atoms with E-state index < -0.39 is 6.04 Å². The second-order valence-corrected chi connectivity index (χ2v) is 8.85. The first-order valence-electron chi connectivity index (χ1n) is 11.3. The topological polar surface area (TPSA) is 69.0 Å². The van der Waals surface area contributed by atoms with Crippen LogP contribution in [-0.4, -0.2) is 36.7 Å². The predicted octanol–water partition coefficient (Wildman–Crippen LogP) is 5.60. The van der Waals surface area contributed by atoms with Crippen molar-refractivity contribution in [3.05, 3.63) is 74.6 Å². The zero-order valence-corrected chi connectivity index (χ0v) is 19.9. The molecule has 2 heterocycles. The average molecular weight is 470 g/mol. The molecule has 0 N–H and O–H groups in total. The average Bonchev–Trinajstić information content (AvgIpc) is 3.08. The van der Waals surface area contributed by atoms with Gasteiger partial charge in [-0.05, 0) is 62.6 Å². The van der Waals surface area contributed by atoms with Gasteiger partial charge in [0.25, 0.3) is 5.91 Å². The quantitative estimate of drug-likeness (QED) is 0.382. The van der Waals surface area contributed by atoms with Gasteiger partial charge in [0.05, 0.1) is 29.7 Å². The Morgan fingerprint density at radius 3 is 2.70 bits per heavy atom. The first kappa shape index (κ1) is 23.3. The van der Waals surface area contributed by atoms with Gasteiger partial charge in [0, 0.05) is 18.2 Å². The van der Waals surface area contributed by atoms with Gasteiger partial charge in [-0.2, -0.15) is 0 Å². The van der Waals surface area contributed by atoms with Crippen molar-refractivity contribution in [2.75, 3.05) is 19.8 Å². The summed E-state index contributed by atoms with van der Waals surface area (Å²) >= 11 is 6.14. The Kier molecular flexibility index (Phi) is 7.05. The third-order valence-corrected chi connectivity index (χ3v) is 5.80. The Morgan fingerprint density at radius 2 is 1.94 bits per heavy atom. The fourth-order valence-corrected chi connectivity index (χ4v) is 4.29. The normalized spacial score (nSPS) is 15.5. The number of nitrogens with zero attached hydrogens (tertiary/aromatic N) is 1. The van der Waals surface area contributed by atoms with Crippen molar-refractivity contribution in [2.45, 2.75) is 45.8 Å². The molecule has 0 bridgehead atoms. The molecule has 0 radical (unpaired) electrons. The van der Waals surface area contributed by atoms with Crippen LogP contribution in [0.4, 0.5) is 0 Å². The van der Waals surface area contributed by atoms with Crippen molar-refractivity contribution in [1.29, 1.82) is 0 Å². The van der Waals surface area contributed by atoms with E-state index in [0.29, 0.717) is 53.5 Å². The zero-order valence-electron chi connectivity index (χ0n) is 19.1. The van der Waals surface area contributed by atoms with E-state index in [-0.39, 0.29) is 23.2 Å². The SMILES string of the molecule is CCCOc1cccc(C2c3c(oc4ccc(Cl)cc4c3=O)C(=O)N2CCCOC(C)C)c1. The predicted molar refractivity (Wildman–Crippen MR) is 128 cm³/mol. The minimum atomic E-state index is -0.573. The first-order valence-corrected chi connectivity index (χ1v) is 11.7. The van der Waals surface area contributed by atoms with Gasteiger partial charge in [-0.1, -0.05) is 30.7 Å². The lowest BCUT2D eigenvalue weighted by atomic mass is 9.98. The van der Waals surface area contributed by atoms with Crippen LogP contribution < -0.4 is 10.2 Å². The lowest BCUT2D eigenvalue weighted by Gasteiger charge is -2.25. The van der Waals surface area contributed by atoms with Crippen LogP contribution in [0, 0.1) is 0 Å². The van der Waals surface area contributed by atoms with Crippen molar-refractivity contribution >= 4 is 28.5 Å². The van der Waals surface area contributed by atoms with Crippen molar-refractivity contribution in [3.63, 3.8) is 0 Å². The van der Waals surface area contributed by atoms with E-state index in [9.17, 15) is 9.59 Å². The maximum atomic E-state index is 13.6. The van der Waals surface area contributed by atoms with Crippen LogP contribution in [0.2, 0.25) is 5.02 Å². The van der Waals surface area contributed by atoms with Gasteiger partial charge in [-0.25, -0.2) is 0 Å². The van der Waals surface area contributed by atoms with E-state index in [1.54, 1.807) is 23.1 Å². The van der Waals surface area contributed by atoms with E-state index in [4.69, 9.17) is 25.5 Å². The fraction of sp³-hybridized carbons (Fsp3) is 0.385. The van der Waals surface area contributed by atoms with Crippen LogP contribution in [-0.2, 0) is 4.74 Å². The molecule has 6 nitrogen and oxygen atoms in total. The number of rotatable bonds is 9. The molecule has 0 aliphatic carbocycles. The highest BCUT2D eigenvalue weighted by molar-refractivity contribution is 6.31. The molecule has 1 aliphatic rings. The molecule has 0 saturated heterocycles. The summed E-state index contributed by atoms with van der Waals surface area (Å²) in [5.41, 5.74) is 1.24. The smallest absolute Gasteiger partial charge is 0.290 e. The Bertz CT molecular complexity index is 1220. The van der Waals surface area contributed by atoms with E-state index in [1.165, 1.54) is 0 Å². The summed E-state index contributed by atoms with van der Waals surface area (Å²) in [5.74, 6) is 0.490. The molecular weight excluding hydrogens is 442 g/mol. The number of fused-ring (bicyclic) bond motifs is 2. The van der Waals surface area contributed by atoms with Crippen molar-refractivity contribution in [1.82, 2.24) is 4.90 Å². The molecule has 33 heavy (non-hydrogen) atoms. The Balaban J connectivity index is 1.80. The summed E-state index contributed by atoms with van der Waals surface area (Å²) in [6, 6.07) is 11.8. The van der Waals surface area contributed by atoms with Crippen LogP contribution in [0.25, 0.3) is 11.0 Å². The minimum absolute atomic E-state index is 0.0875. The van der Waals surface area contributed by atoms with Crippen LogP contribution in [0.5, 0.6) is 5.75 Å². The first-order chi connectivity index (χ1) is 15.9. The molecule has 0 saturated carbocycles. The lowest BCUT2D eigenvalue weighted by Crippen LogP contribution is -2.31. The van der Waals surface area contributed by atoms with Crippen LogP contribution >= 0.6 is 11.6 Å². The van der Waals surface area contributed by atoms with Crippen LogP contribution in [0.3, 0.4) is 0 Å². The number of carbonyl (C=O) groups is 1. The highest BCUT2D eigenvalue weighted by Crippen LogP contribution is 2.39. The van der Waals surface area contributed by atoms with Crippen LogP contribution in [0.15, 0.2) is 51.7 Å². The molecule has 174 valence electrons. The second-order valence-electron chi connectivity index (χ2n) is 8.41. The van der Waals surface area contributed by atoms with Crippen molar-refractivity contribution in [3.8, 4) is 5.75 Å². The number of carbonyl (C=O) groups excluding carboxylic acids is 1. The number of hydrogen-bond donors (Lipinski definition) is 0. The Labute approximate surface area is 198 Å². The molecule has 1 unspecified atom stereocenters. The highest BCUT2D eigenvalue weighted by atomic mass is 35.5. The van der Waals surface area contributed by atoms with Gasteiger partial charge in [0.15, 0.2) is 5.43 Å². The van der Waals surface area contributed by atoms with Gasteiger partial charge in [0.1, 0.15) is 11.3 Å². The molecule has 4 rings (SSSR count). The largest absolute Gasteiger partial charge is 0.494 e. The maximum absolute atomic E-state index is 13.6. The number of hydrogen-bond acceptors (Lipinski definition) is 5. The van der Waals surface area contributed by atoms with Gasteiger partial charge in [0.2, 0.25) is 5.76 Å². The molecule has 1 atom stereocenters. The van der Waals surface area contributed by atoms with Gasteiger partial charge >= 0.3 is 0 Å². The van der Waals surface area contributed by atoms with E-state index in [1.807, 2.05) is 45.0 Å². The zero-order chi connectivity index (χ0) is 23.5. The standard InChI is InChI=1S/C26H28ClNO5/c1-4-12-32-19-8-5-7-17(14-19)23-22-24(29)20-15-18(27)9-10-21(20)33-25(22)26(30)28(23)11-6-13-31-16(2)3/h5,7-10,14-16,23H,4,6,11-13H2,1-3H3. The summed E-state index contributed by atoms with van der Waals surface area (Å²) in [4.78, 5) is 28.7. The molecule has 3 aromatic rings. The van der Waals surface area contributed by atoms with Gasteiger partial charge in [-0.15, -0.1) is 0 Å². The number of benzene rings is 2.